The van der Waals surface area contributed by atoms with Crippen LogP contribution in [0.15, 0.2) is 10.2 Å². The Morgan fingerprint density at radius 2 is 1.60 bits per heavy atom. The lowest BCUT2D eigenvalue weighted by Gasteiger charge is -2.11. The number of hydrogen-bond acceptors (Lipinski definition) is 2. The number of nitrogens with zero attached hydrogens (tertiary/aromatic N) is 2. The molecular weight excluding hydrogens is 184 g/mol. The molecule has 0 amide bonds. The third-order valence-electron chi connectivity index (χ3n) is 2.28. The normalized spacial score (nSPS) is 14.7. The molecule has 0 aliphatic heterocycles. The monoisotopic (exact) mass is 212 g/mol. The third kappa shape index (κ3) is 11.5. The van der Waals surface area contributed by atoms with Crippen LogP contribution >= 0.6 is 0 Å². The summed E-state index contributed by atoms with van der Waals surface area (Å²) in [6.07, 6.45) is 7.90. The fourth-order valence-corrected chi connectivity index (χ4v) is 1.37. The molecular formula is C13H28N2. The zero-order valence-electron chi connectivity index (χ0n) is 11.2. The predicted molar refractivity (Wildman–Crippen MR) is 67.4 cm³/mol. The van der Waals surface area contributed by atoms with Crippen molar-refractivity contribution >= 4 is 0 Å². The zero-order valence-corrected chi connectivity index (χ0v) is 11.2. The Morgan fingerprint density at radius 1 is 1.00 bits per heavy atom. The van der Waals surface area contributed by atoms with Gasteiger partial charge in [0.1, 0.15) is 0 Å². The summed E-state index contributed by atoms with van der Waals surface area (Å²) in [5.74, 6) is 0. The molecule has 1 unspecified atom stereocenters. The van der Waals surface area contributed by atoms with Crippen LogP contribution in [-0.2, 0) is 0 Å². The second-order valence-electron chi connectivity index (χ2n) is 5.44. The van der Waals surface area contributed by atoms with Gasteiger partial charge in [0.15, 0.2) is 0 Å². The summed E-state index contributed by atoms with van der Waals surface area (Å²) >= 11 is 0. The number of unbranched alkanes of at least 4 members (excludes halogenated alkanes) is 4. The van der Waals surface area contributed by atoms with E-state index in [2.05, 4.69) is 44.8 Å². The van der Waals surface area contributed by atoms with Crippen molar-refractivity contribution in [3.63, 3.8) is 0 Å². The van der Waals surface area contributed by atoms with E-state index in [1.54, 1.807) is 0 Å². The Balaban J connectivity index is 3.49. The molecule has 0 saturated heterocycles. The van der Waals surface area contributed by atoms with E-state index in [4.69, 9.17) is 0 Å². The van der Waals surface area contributed by atoms with Gasteiger partial charge in [0, 0.05) is 0 Å². The lowest BCUT2D eigenvalue weighted by Crippen LogP contribution is -2.09. The van der Waals surface area contributed by atoms with Crippen molar-refractivity contribution in [1.29, 1.82) is 0 Å². The third-order valence-corrected chi connectivity index (χ3v) is 2.28. The quantitative estimate of drug-likeness (QED) is 0.420. The molecule has 0 aromatic carbocycles. The van der Waals surface area contributed by atoms with Crippen LogP contribution in [0.25, 0.3) is 0 Å². The van der Waals surface area contributed by atoms with E-state index in [1.165, 1.54) is 38.5 Å². The van der Waals surface area contributed by atoms with Gasteiger partial charge >= 0.3 is 0 Å². The minimum absolute atomic E-state index is 0.0174. The summed E-state index contributed by atoms with van der Waals surface area (Å²) in [5.41, 5.74) is -0.0174. The Hall–Kier alpha value is -0.400. The SMILES string of the molecule is CCCCCCCC(C)N=NC(C)(C)C. The smallest absolute Gasteiger partial charge is 0.0732 e. The van der Waals surface area contributed by atoms with Gasteiger partial charge in [0.25, 0.3) is 0 Å². The fourth-order valence-electron chi connectivity index (χ4n) is 1.37. The van der Waals surface area contributed by atoms with Crippen molar-refractivity contribution in [3.05, 3.63) is 0 Å². The highest BCUT2D eigenvalue weighted by Crippen LogP contribution is 2.12. The van der Waals surface area contributed by atoms with E-state index in [-0.39, 0.29) is 5.54 Å². The summed E-state index contributed by atoms with van der Waals surface area (Å²) in [4.78, 5) is 0. The van der Waals surface area contributed by atoms with Gasteiger partial charge in [-0.25, -0.2) is 0 Å². The molecule has 0 heterocycles. The maximum Gasteiger partial charge on any atom is 0.0732 e. The average Bonchev–Trinajstić information content (AvgIpc) is 2.13. The van der Waals surface area contributed by atoms with Gasteiger partial charge in [-0.05, 0) is 34.1 Å². The fraction of sp³-hybridized carbons (Fsp3) is 1.00. The minimum atomic E-state index is -0.0174. The molecule has 15 heavy (non-hydrogen) atoms. The van der Waals surface area contributed by atoms with E-state index >= 15 is 0 Å². The first kappa shape index (κ1) is 14.6. The molecule has 2 heteroatoms. The number of azo groups is 1. The van der Waals surface area contributed by atoms with Crippen molar-refractivity contribution in [3.8, 4) is 0 Å². The van der Waals surface area contributed by atoms with Gasteiger partial charge < -0.3 is 0 Å². The van der Waals surface area contributed by atoms with Gasteiger partial charge in [0.05, 0.1) is 11.6 Å². The average molecular weight is 212 g/mol. The molecule has 1 atom stereocenters. The molecule has 0 radical (unpaired) electrons. The predicted octanol–water partition coefficient (Wildman–Crippen LogP) is 4.99. The summed E-state index contributed by atoms with van der Waals surface area (Å²) in [6.45, 7) is 10.7. The van der Waals surface area contributed by atoms with E-state index in [0.29, 0.717) is 6.04 Å². The summed E-state index contributed by atoms with van der Waals surface area (Å²) < 4.78 is 0. The number of hydrogen-bond donors (Lipinski definition) is 0. The van der Waals surface area contributed by atoms with Gasteiger partial charge in [-0.2, -0.15) is 10.2 Å². The molecule has 0 fully saturated rings. The van der Waals surface area contributed by atoms with Gasteiger partial charge in [-0.1, -0.05) is 39.0 Å². The molecule has 0 aromatic rings. The molecule has 0 aromatic heterocycles. The van der Waals surface area contributed by atoms with Gasteiger partial charge in [0.2, 0.25) is 0 Å². The van der Waals surface area contributed by atoms with E-state index in [9.17, 15) is 0 Å². The summed E-state index contributed by atoms with van der Waals surface area (Å²) in [6, 6.07) is 0.394. The molecule has 0 rings (SSSR count). The first-order valence-corrected chi connectivity index (χ1v) is 6.37. The van der Waals surface area contributed by atoms with Crippen molar-refractivity contribution in [2.45, 2.75) is 84.7 Å². The molecule has 0 saturated carbocycles. The summed E-state index contributed by atoms with van der Waals surface area (Å²) in [7, 11) is 0. The van der Waals surface area contributed by atoms with Crippen molar-refractivity contribution in [1.82, 2.24) is 0 Å². The van der Waals surface area contributed by atoms with Crippen LogP contribution in [0.1, 0.15) is 73.1 Å². The van der Waals surface area contributed by atoms with Crippen LogP contribution in [0, 0.1) is 0 Å². The van der Waals surface area contributed by atoms with E-state index < -0.39 is 0 Å². The standard InChI is InChI=1S/C13H28N2/c1-6-7-8-9-10-11-12(2)14-15-13(3,4)5/h12H,6-11H2,1-5H3. The first-order chi connectivity index (χ1) is 6.95. The Labute approximate surface area is 95.6 Å². The van der Waals surface area contributed by atoms with Crippen molar-refractivity contribution in [2.24, 2.45) is 10.2 Å². The minimum Gasteiger partial charge on any atom is -0.191 e. The highest BCUT2D eigenvalue weighted by molar-refractivity contribution is 4.68. The topological polar surface area (TPSA) is 24.7 Å². The second-order valence-corrected chi connectivity index (χ2v) is 5.44. The van der Waals surface area contributed by atoms with Gasteiger partial charge in [-0.3, -0.25) is 0 Å². The van der Waals surface area contributed by atoms with Crippen LogP contribution in [0.3, 0.4) is 0 Å². The van der Waals surface area contributed by atoms with Crippen molar-refractivity contribution < 1.29 is 0 Å². The molecule has 0 aliphatic carbocycles. The largest absolute Gasteiger partial charge is 0.191 e. The molecule has 0 N–H and O–H groups in total. The Morgan fingerprint density at radius 3 is 2.13 bits per heavy atom. The number of rotatable bonds is 7. The molecule has 2 nitrogen and oxygen atoms in total. The molecule has 0 bridgehead atoms. The van der Waals surface area contributed by atoms with Crippen LogP contribution in [0.2, 0.25) is 0 Å². The first-order valence-electron chi connectivity index (χ1n) is 6.37. The lowest BCUT2D eigenvalue weighted by molar-refractivity contribution is 0.491. The molecule has 0 aliphatic rings. The zero-order chi connectivity index (χ0) is 11.7. The highest BCUT2D eigenvalue weighted by atomic mass is 15.2. The second kappa shape index (κ2) is 7.84. The van der Waals surface area contributed by atoms with Crippen LogP contribution in [-0.4, -0.2) is 11.6 Å². The van der Waals surface area contributed by atoms with Crippen LogP contribution in [0.5, 0.6) is 0 Å². The molecule has 0 spiro atoms. The summed E-state index contributed by atoms with van der Waals surface area (Å²) in [5, 5.41) is 8.63. The highest BCUT2D eigenvalue weighted by Gasteiger charge is 2.07. The van der Waals surface area contributed by atoms with Crippen LogP contribution in [0.4, 0.5) is 0 Å². The Bertz CT molecular complexity index is 168. The lowest BCUT2D eigenvalue weighted by atomic mass is 10.1. The molecule has 90 valence electrons. The Kier molecular flexibility index (Phi) is 7.63. The van der Waals surface area contributed by atoms with Gasteiger partial charge in [-0.15, -0.1) is 0 Å². The van der Waals surface area contributed by atoms with E-state index in [1.807, 2.05) is 0 Å². The maximum atomic E-state index is 4.34. The van der Waals surface area contributed by atoms with E-state index in [0.717, 1.165) is 0 Å². The maximum absolute atomic E-state index is 4.34. The van der Waals surface area contributed by atoms with Crippen LogP contribution < -0.4 is 0 Å². The van der Waals surface area contributed by atoms with Crippen molar-refractivity contribution in [2.75, 3.05) is 0 Å².